The van der Waals surface area contributed by atoms with Gasteiger partial charge in [-0.1, -0.05) is 30.3 Å². The number of rotatable bonds is 9. The summed E-state index contributed by atoms with van der Waals surface area (Å²) in [6.45, 7) is 6.11. The lowest BCUT2D eigenvalue weighted by atomic mass is 10.1. The number of hydrogen-bond acceptors (Lipinski definition) is 6. The van der Waals surface area contributed by atoms with E-state index in [2.05, 4.69) is 23.7 Å². The van der Waals surface area contributed by atoms with Crippen LogP contribution in [0.3, 0.4) is 0 Å². The molecular formula is C23H24N4O5. The van der Waals surface area contributed by atoms with Gasteiger partial charge < -0.3 is 14.6 Å². The molecule has 0 unspecified atom stereocenters. The maximum Gasteiger partial charge on any atom is 0.357 e. The highest BCUT2D eigenvalue weighted by Gasteiger charge is 2.19. The van der Waals surface area contributed by atoms with Crippen LogP contribution in [-0.2, 0) is 6.61 Å². The van der Waals surface area contributed by atoms with Crippen LogP contribution in [0.4, 0.5) is 11.4 Å². The third kappa shape index (κ3) is 5.31. The van der Waals surface area contributed by atoms with Gasteiger partial charge in [-0.15, -0.1) is 0 Å². The summed E-state index contributed by atoms with van der Waals surface area (Å²) in [7, 11) is 0. The van der Waals surface area contributed by atoms with Gasteiger partial charge in [-0.2, -0.15) is 0 Å². The molecule has 0 saturated carbocycles. The van der Waals surface area contributed by atoms with Gasteiger partial charge in [-0.05, 0) is 43.7 Å². The summed E-state index contributed by atoms with van der Waals surface area (Å²) in [5.41, 5.74) is -0.185. The molecule has 2 N–H and O–H groups in total. The standard InChI is InChI=1S/C23H24N4O5/c1-3-26(4-2)18-12-10-17(20(14-18)32-15-16-8-6-5-7-9-16)11-13-19-21(27(30)31)22(28)25-23(29)24-19/h5-14H,3-4,15H2,1-2H3,(H2,24,25,28,29)/b13-11+. The molecule has 0 aliphatic heterocycles. The third-order valence-electron chi connectivity index (χ3n) is 4.92. The zero-order valence-corrected chi connectivity index (χ0v) is 17.8. The predicted molar refractivity (Wildman–Crippen MR) is 124 cm³/mol. The molecule has 0 fully saturated rings. The van der Waals surface area contributed by atoms with Gasteiger partial charge in [0.05, 0.1) is 4.92 Å². The lowest BCUT2D eigenvalue weighted by Crippen LogP contribution is -2.25. The molecule has 3 aromatic rings. The van der Waals surface area contributed by atoms with E-state index in [-0.39, 0.29) is 5.69 Å². The summed E-state index contributed by atoms with van der Waals surface area (Å²) in [4.78, 5) is 40.2. The Labute approximate surface area is 184 Å². The van der Waals surface area contributed by atoms with Crippen LogP contribution < -0.4 is 20.9 Å². The average molecular weight is 436 g/mol. The lowest BCUT2D eigenvalue weighted by Gasteiger charge is -2.22. The number of H-pyrrole nitrogens is 2. The quantitative estimate of drug-likeness (QED) is 0.391. The van der Waals surface area contributed by atoms with Gasteiger partial charge in [0.15, 0.2) is 0 Å². The van der Waals surface area contributed by atoms with Crippen molar-refractivity contribution in [3.8, 4) is 5.75 Å². The Morgan fingerprint density at radius 2 is 1.75 bits per heavy atom. The first-order valence-corrected chi connectivity index (χ1v) is 10.2. The molecule has 1 aromatic heterocycles. The Kier molecular flexibility index (Phi) is 7.22. The summed E-state index contributed by atoms with van der Waals surface area (Å²) >= 11 is 0. The van der Waals surface area contributed by atoms with Crippen LogP contribution in [0.15, 0.2) is 58.1 Å². The van der Waals surface area contributed by atoms with Crippen molar-refractivity contribution >= 4 is 23.5 Å². The summed E-state index contributed by atoms with van der Waals surface area (Å²) in [5.74, 6) is 0.573. The van der Waals surface area contributed by atoms with E-state index in [1.807, 2.05) is 53.5 Å². The number of ether oxygens (including phenoxy) is 1. The predicted octanol–water partition coefficient (Wildman–Crippen LogP) is 3.57. The van der Waals surface area contributed by atoms with E-state index in [0.717, 1.165) is 24.3 Å². The van der Waals surface area contributed by atoms with Crippen molar-refractivity contribution in [1.82, 2.24) is 9.97 Å². The van der Waals surface area contributed by atoms with E-state index in [1.165, 1.54) is 6.08 Å². The average Bonchev–Trinajstić information content (AvgIpc) is 2.77. The normalized spacial score (nSPS) is 10.9. The summed E-state index contributed by atoms with van der Waals surface area (Å²) in [5, 5.41) is 11.3. The number of nitrogens with zero attached hydrogens (tertiary/aromatic N) is 2. The number of nitro groups is 1. The molecule has 9 nitrogen and oxygen atoms in total. The molecule has 1 heterocycles. The Morgan fingerprint density at radius 3 is 2.41 bits per heavy atom. The molecule has 3 rings (SSSR count). The first-order valence-electron chi connectivity index (χ1n) is 10.2. The van der Waals surface area contributed by atoms with Gasteiger partial charge in [0.2, 0.25) is 0 Å². The Hall–Kier alpha value is -4.14. The van der Waals surface area contributed by atoms with Gasteiger partial charge in [0, 0.05) is 30.4 Å². The van der Waals surface area contributed by atoms with E-state index >= 15 is 0 Å². The Bertz CT molecular complexity index is 1230. The molecule has 166 valence electrons. The van der Waals surface area contributed by atoms with Crippen LogP contribution in [0.2, 0.25) is 0 Å². The SMILES string of the molecule is CCN(CC)c1ccc(/C=C/c2[nH]c(=O)[nH]c(=O)c2[N+](=O)[O-])c(OCc2ccccc2)c1. The fourth-order valence-electron chi connectivity index (χ4n) is 3.28. The van der Waals surface area contributed by atoms with E-state index in [9.17, 15) is 19.7 Å². The summed E-state index contributed by atoms with van der Waals surface area (Å²) in [6, 6.07) is 15.3. The first kappa shape index (κ1) is 22.5. The van der Waals surface area contributed by atoms with Crippen molar-refractivity contribution in [2.45, 2.75) is 20.5 Å². The topological polar surface area (TPSA) is 121 Å². The fourth-order valence-corrected chi connectivity index (χ4v) is 3.28. The number of benzene rings is 2. The van der Waals surface area contributed by atoms with Gasteiger partial charge in [0.25, 0.3) is 0 Å². The molecule has 9 heteroatoms. The Balaban J connectivity index is 2.00. The zero-order valence-electron chi connectivity index (χ0n) is 17.8. The highest BCUT2D eigenvalue weighted by Crippen LogP contribution is 2.28. The third-order valence-corrected chi connectivity index (χ3v) is 4.92. The van der Waals surface area contributed by atoms with Gasteiger partial charge >= 0.3 is 16.9 Å². The van der Waals surface area contributed by atoms with Crippen molar-refractivity contribution in [3.63, 3.8) is 0 Å². The van der Waals surface area contributed by atoms with Gasteiger partial charge in [-0.3, -0.25) is 19.9 Å². The van der Waals surface area contributed by atoms with E-state index in [1.54, 1.807) is 6.08 Å². The second-order valence-corrected chi connectivity index (χ2v) is 6.93. The van der Waals surface area contributed by atoms with Crippen molar-refractivity contribution in [3.05, 3.63) is 96.3 Å². The summed E-state index contributed by atoms with van der Waals surface area (Å²) < 4.78 is 6.06. The minimum absolute atomic E-state index is 0.189. The molecule has 0 aliphatic carbocycles. The van der Waals surface area contributed by atoms with E-state index in [0.29, 0.717) is 17.9 Å². The monoisotopic (exact) mass is 436 g/mol. The molecule has 0 amide bonds. The molecule has 0 radical (unpaired) electrons. The Morgan fingerprint density at radius 1 is 1.03 bits per heavy atom. The van der Waals surface area contributed by atoms with E-state index in [4.69, 9.17) is 4.74 Å². The minimum atomic E-state index is -1.06. The van der Waals surface area contributed by atoms with Crippen molar-refractivity contribution in [1.29, 1.82) is 0 Å². The van der Waals surface area contributed by atoms with Crippen LogP contribution >= 0.6 is 0 Å². The maximum absolute atomic E-state index is 11.8. The van der Waals surface area contributed by atoms with Crippen LogP contribution in [0, 0.1) is 10.1 Å². The number of nitrogens with one attached hydrogen (secondary N) is 2. The highest BCUT2D eigenvalue weighted by molar-refractivity contribution is 5.75. The molecule has 2 aromatic carbocycles. The second kappa shape index (κ2) is 10.3. The molecular weight excluding hydrogens is 412 g/mol. The van der Waals surface area contributed by atoms with Crippen molar-refractivity contribution in [2.24, 2.45) is 0 Å². The van der Waals surface area contributed by atoms with Crippen LogP contribution in [0.1, 0.15) is 30.7 Å². The molecule has 32 heavy (non-hydrogen) atoms. The fraction of sp³-hybridized carbons (Fsp3) is 0.217. The maximum atomic E-state index is 11.8. The molecule has 0 spiro atoms. The molecule has 0 saturated heterocycles. The van der Waals surface area contributed by atoms with E-state index < -0.39 is 21.9 Å². The van der Waals surface area contributed by atoms with Crippen LogP contribution in [-0.4, -0.2) is 28.0 Å². The second-order valence-electron chi connectivity index (χ2n) is 6.93. The largest absolute Gasteiger partial charge is 0.488 e. The number of aromatic nitrogens is 2. The molecule has 0 atom stereocenters. The highest BCUT2D eigenvalue weighted by atomic mass is 16.6. The number of aromatic amines is 2. The van der Waals surface area contributed by atoms with Crippen molar-refractivity contribution < 1.29 is 9.66 Å². The smallest absolute Gasteiger partial charge is 0.357 e. The van der Waals surface area contributed by atoms with Gasteiger partial charge in [0.1, 0.15) is 18.1 Å². The van der Waals surface area contributed by atoms with Crippen LogP contribution in [0.25, 0.3) is 12.2 Å². The van der Waals surface area contributed by atoms with Gasteiger partial charge in [-0.25, -0.2) is 4.79 Å². The lowest BCUT2D eigenvalue weighted by molar-refractivity contribution is -0.386. The molecule has 0 aliphatic rings. The van der Waals surface area contributed by atoms with Crippen LogP contribution in [0.5, 0.6) is 5.75 Å². The first-order chi connectivity index (χ1) is 15.4. The zero-order chi connectivity index (χ0) is 23.1. The number of anilines is 1. The number of hydrogen-bond donors (Lipinski definition) is 2. The van der Waals surface area contributed by atoms with Crippen molar-refractivity contribution in [2.75, 3.05) is 18.0 Å². The summed E-state index contributed by atoms with van der Waals surface area (Å²) in [6.07, 6.45) is 2.90. The molecule has 0 bridgehead atoms. The minimum Gasteiger partial charge on any atom is -0.488 e.